The van der Waals surface area contributed by atoms with Gasteiger partial charge in [-0.15, -0.1) is 6.58 Å². The SMILES string of the molecule is C=CCN1C(=O)CC2C3CCc4cc(OS(N)(=O)=O)ccc4C3CC[C@]2(C)C1=O. The second-order valence-electron chi connectivity index (χ2n) is 8.61. The van der Waals surface area contributed by atoms with Gasteiger partial charge >= 0.3 is 10.3 Å². The Hall–Kier alpha value is -2.19. The summed E-state index contributed by atoms with van der Waals surface area (Å²) >= 11 is 0. The van der Waals surface area contributed by atoms with Gasteiger partial charge in [0.05, 0.1) is 5.41 Å². The summed E-state index contributed by atoms with van der Waals surface area (Å²) in [6.45, 7) is 5.95. The highest BCUT2D eigenvalue weighted by Crippen LogP contribution is 2.58. The fourth-order valence-electron chi connectivity index (χ4n) is 5.74. The number of benzene rings is 1. The van der Waals surface area contributed by atoms with Crippen molar-refractivity contribution < 1.29 is 22.2 Å². The Morgan fingerprint density at radius 2 is 2.10 bits per heavy atom. The van der Waals surface area contributed by atoms with Crippen LogP contribution in [0.25, 0.3) is 0 Å². The van der Waals surface area contributed by atoms with Crippen LogP contribution in [0.1, 0.15) is 49.7 Å². The monoisotopic (exact) mass is 418 g/mol. The quantitative estimate of drug-likeness (QED) is 0.596. The van der Waals surface area contributed by atoms with Crippen LogP contribution in [0.3, 0.4) is 0 Å². The van der Waals surface area contributed by atoms with Crippen molar-refractivity contribution >= 4 is 22.1 Å². The number of fused-ring (bicyclic) bond motifs is 5. The molecule has 1 heterocycles. The Morgan fingerprint density at radius 3 is 2.79 bits per heavy atom. The molecule has 0 spiro atoms. The zero-order valence-corrected chi connectivity index (χ0v) is 17.3. The van der Waals surface area contributed by atoms with Crippen molar-refractivity contribution in [2.45, 2.75) is 44.9 Å². The van der Waals surface area contributed by atoms with Crippen molar-refractivity contribution in [2.24, 2.45) is 22.4 Å². The zero-order chi connectivity index (χ0) is 21.0. The highest BCUT2D eigenvalue weighted by atomic mass is 32.2. The van der Waals surface area contributed by atoms with Gasteiger partial charge in [0.1, 0.15) is 5.75 Å². The van der Waals surface area contributed by atoms with Gasteiger partial charge < -0.3 is 4.18 Å². The molecule has 1 aromatic rings. The Balaban J connectivity index is 1.63. The first-order chi connectivity index (χ1) is 13.6. The van der Waals surface area contributed by atoms with Gasteiger partial charge in [0, 0.05) is 13.0 Å². The van der Waals surface area contributed by atoms with Gasteiger partial charge in [-0.1, -0.05) is 19.1 Å². The summed E-state index contributed by atoms with van der Waals surface area (Å²) in [5.74, 6) is 0.571. The molecule has 2 aliphatic carbocycles. The lowest BCUT2D eigenvalue weighted by Gasteiger charge is -2.54. The molecule has 1 aliphatic heterocycles. The molecular formula is C21H26N2O5S. The van der Waals surface area contributed by atoms with E-state index >= 15 is 0 Å². The summed E-state index contributed by atoms with van der Waals surface area (Å²) in [6.07, 6.45) is 5.19. The molecule has 3 unspecified atom stereocenters. The second-order valence-corrected chi connectivity index (χ2v) is 9.76. The summed E-state index contributed by atoms with van der Waals surface area (Å²) < 4.78 is 27.2. The number of amides is 2. The first-order valence-electron chi connectivity index (χ1n) is 9.95. The minimum atomic E-state index is -4.06. The molecule has 2 amide bonds. The van der Waals surface area contributed by atoms with Gasteiger partial charge in [-0.25, -0.2) is 0 Å². The fourth-order valence-corrected chi connectivity index (χ4v) is 6.11. The molecule has 8 heteroatoms. The molecule has 3 aliphatic rings. The number of hydrogen-bond donors (Lipinski definition) is 1. The van der Waals surface area contributed by atoms with Gasteiger partial charge in [-0.05, 0) is 66.7 Å². The number of piperidine rings is 1. The highest BCUT2D eigenvalue weighted by Gasteiger charge is 2.57. The molecule has 2 N–H and O–H groups in total. The van der Waals surface area contributed by atoms with Gasteiger partial charge in [0.15, 0.2) is 0 Å². The van der Waals surface area contributed by atoms with E-state index in [9.17, 15) is 18.0 Å². The molecule has 29 heavy (non-hydrogen) atoms. The lowest BCUT2D eigenvalue weighted by atomic mass is 9.52. The van der Waals surface area contributed by atoms with Gasteiger partial charge in [-0.2, -0.15) is 13.6 Å². The van der Waals surface area contributed by atoms with Crippen LogP contribution in [0, 0.1) is 17.3 Å². The first-order valence-corrected chi connectivity index (χ1v) is 11.4. The molecule has 0 bridgehead atoms. The van der Waals surface area contributed by atoms with Gasteiger partial charge in [0.25, 0.3) is 0 Å². The van der Waals surface area contributed by atoms with E-state index in [1.54, 1.807) is 18.2 Å². The van der Waals surface area contributed by atoms with E-state index in [0.29, 0.717) is 6.42 Å². The maximum absolute atomic E-state index is 13.2. The zero-order valence-electron chi connectivity index (χ0n) is 16.5. The number of carbonyl (C=O) groups excluding carboxylic acids is 2. The normalized spacial score (nSPS) is 31.5. The van der Waals surface area contributed by atoms with Crippen LogP contribution in [-0.4, -0.2) is 31.7 Å². The largest absolute Gasteiger partial charge is 0.380 e. The average Bonchev–Trinajstić information content (AvgIpc) is 2.65. The van der Waals surface area contributed by atoms with Gasteiger partial charge in [0.2, 0.25) is 11.8 Å². The maximum atomic E-state index is 13.2. The van der Waals surface area contributed by atoms with E-state index in [2.05, 4.69) is 6.58 Å². The number of imide groups is 1. The third-order valence-electron chi connectivity index (χ3n) is 7.04. The predicted octanol–water partition coefficient (Wildman–Crippen LogP) is 2.28. The molecule has 1 saturated heterocycles. The summed E-state index contributed by atoms with van der Waals surface area (Å²) in [5, 5.41) is 4.97. The lowest BCUT2D eigenvalue weighted by molar-refractivity contribution is -0.166. The Kier molecular flexibility index (Phi) is 4.82. The number of likely N-dealkylation sites (tertiary alicyclic amines) is 1. The van der Waals surface area contributed by atoms with E-state index in [4.69, 9.17) is 9.32 Å². The molecule has 7 nitrogen and oxygen atoms in total. The molecule has 4 atom stereocenters. The van der Waals surface area contributed by atoms with Crippen molar-refractivity contribution in [3.8, 4) is 5.75 Å². The van der Waals surface area contributed by atoms with E-state index < -0.39 is 15.7 Å². The number of nitrogens with zero attached hydrogens (tertiary/aromatic N) is 1. The maximum Gasteiger partial charge on any atom is 0.380 e. The molecule has 1 saturated carbocycles. The smallest absolute Gasteiger partial charge is 0.371 e. The van der Waals surface area contributed by atoms with Crippen molar-refractivity contribution in [3.05, 3.63) is 42.0 Å². The van der Waals surface area contributed by atoms with Crippen LogP contribution in [-0.2, 0) is 26.3 Å². The third-order valence-corrected chi connectivity index (χ3v) is 7.47. The van der Waals surface area contributed by atoms with Crippen LogP contribution in [0.15, 0.2) is 30.9 Å². The number of aryl methyl sites for hydroxylation is 1. The van der Waals surface area contributed by atoms with Crippen molar-refractivity contribution in [2.75, 3.05) is 6.54 Å². The van der Waals surface area contributed by atoms with Crippen LogP contribution in [0.4, 0.5) is 0 Å². The fraction of sp³-hybridized carbons (Fsp3) is 0.524. The van der Waals surface area contributed by atoms with Crippen molar-refractivity contribution in [1.29, 1.82) is 0 Å². The summed E-state index contributed by atoms with van der Waals surface area (Å²) in [5.41, 5.74) is 1.70. The minimum Gasteiger partial charge on any atom is -0.371 e. The molecular weight excluding hydrogens is 392 g/mol. The Morgan fingerprint density at radius 1 is 1.34 bits per heavy atom. The average molecular weight is 419 g/mol. The first kappa shape index (κ1) is 20.1. The van der Waals surface area contributed by atoms with E-state index in [1.807, 2.05) is 13.0 Å². The molecule has 0 radical (unpaired) electrons. The standard InChI is InChI=1S/C21H26N2O5S/c1-3-10-23-19(24)12-18-17-6-4-13-11-14(28-29(22,26)27)5-7-15(13)16(17)8-9-21(18,2)20(23)25/h3,5,7,11,16-18H,1,4,6,8-10,12H2,2H3,(H2,22,26,27)/t16?,17?,18?,21-/m0/s1. The van der Waals surface area contributed by atoms with Crippen LogP contribution in [0.5, 0.6) is 5.75 Å². The highest BCUT2D eigenvalue weighted by molar-refractivity contribution is 7.84. The number of hydrogen-bond acceptors (Lipinski definition) is 5. The van der Waals surface area contributed by atoms with E-state index in [0.717, 1.165) is 31.2 Å². The molecule has 2 fully saturated rings. The van der Waals surface area contributed by atoms with E-state index in [1.165, 1.54) is 10.5 Å². The third kappa shape index (κ3) is 3.38. The molecule has 4 rings (SSSR count). The van der Waals surface area contributed by atoms with Crippen LogP contribution < -0.4 is 9.32 Å². The molecule has 156 valence electrons. The van der Waals surface area contributed by atoms with Gasteiger partial charge in [-0.3, -0.25) is 14.5 Å². The number of carbonyl (C=O) groups is 2. The second kappa shape index (κ2) is 6.95. The Bertz CT molecular complexity index is 989. The molecule has 0 aromatic heterocycles. The lowest BCUT2D eigenvalue weighted by Crippen LogP contribution is -2.59. The van der Waals surface area contributed by atoms with Crippen LogP contribution in [0.2, 0.25) is 0 Å². The van der Waals surface area contributed by atoms with Crippen molar-refractivity contribution in [3.63, 3.8) is 0 Å². The molecule has 1 aromatic carbocycles. The summed E-state index contributed by atoms with van der Waals surface area (Å²) in [4.78, 5) is 27.2. The van der Waals surface area contributed by atoms with Crippen LogP contribution >= 0.6 is 0 Å². The number of rotatable bonds is 4. The summed E-state index contributed by atoms with van der Waals surface area (Å²) in [6, 6.07) is 5.28. The van der Waals surface area contributed by atoms with Crippen molar-refractivity contribution in [1.82, 2.24) is 4.90 Å². The predicted molar refractivity (Wildman–Crippen MR) is 107 cm³/mol. The Labute approximate surface area is 171 Å². The minimum absolute atomic E-state index is 0.0239. The summed E-state index contributed by atoms with van der Waals surface area (Å²) in [7, 11) is -4.06. The number of nitrogens with two attached hydrogens (primary N) is 1. The topological polar surface area (TPSA) is 107 Å². The van der Waals surface area contributed by atoms with E-state index in [-0.39, 0.29) is 41.9 Å².